The number of rotatable bonds is 6. The second-order valence-corrected chi connectivity index (χ2v) is 10.2. The van der Waals surface area contributed by atoms with E-state index < -0.39 is 28.8 Å². The van der Waals surface area contributed by atoms with Crippen LogP contribution in [0.2, 0.25) is 0 Å². The standard InChI is InChI=1S/C27H30F2N6O2/c1-16(2)31-14-17-20(30)8-9-21(24(17)34-13-12-27(3,4)15-34)32-26(37)22-10-11-23(36)35(33-22)25-18(28)6-5-7-19(25)29/h5-11,14,16H,12-13,15,30H2,1-4H3,(H,32,37). The number of aliphatic imine (C=N–C) groups is 1. The van der Waals surface area contributed by atoms with Crippen molar-refractivity contribution < 1.29 is 13.6 Å². The molecule has 0 saturated carbocycles. The molecule has 1 aliphatic heterocycles. The number of para-hydroxylation sites is 1. The van der Waals surface area contributed by atoms with Crippen LogP contribution in [0.15, 0.2) is 52.3 Å². The molecule has 4 rings (SSSR count). The van der Waals surface area contributed by atoms with Crippen molar-refractivity contribution in [2.75, 3.05) is 29.0 Å². The SMILES string of the molecule is CC(C)N=Cc1c(N)ccc(NC(=O)c2ccc(=O)n(-c3c(F)cccc3F)n2)c1N1CCC(C)(C)C1. The first-order valence-corrected chi connectivity index (χ1v) is 12.0. The van der Waals surface area contributed by atoms with E-state index in [4.69, 9.17) is 5.73 Å². The third kappa shape index (κ3) is 5.52. The molecule has 0 radical (unpaired) electrons. The van der Waals surface area contributed by atoms with Gasteiger partial charge in [0.05, 0.1) is 11.4 Å². The number of nitrogens with two attached hydrogens (primary N) is 1. The van der Waals surface area contributed by atoms with E-state index in [1.165, 1.54) is 12.1 Å². The van der Waals surface area contributed by atoms with Crippen molar-refractivity contribution >= 4 is 29.2 Å². The molecule has 0 spiro atoms. The van der Waals surface area contributed by atoms with E-state index in [0.717, 1.165) is 43.4 Å². The average Bonchev–Trinajstić information content (AvgIpc) is 3.19. The van der Waals surface area contributed by atoms with Gasteiger partial charge in [0.25, 0.3) is 11.5 Å². The number of nitrogens with zero attached hydrogens (tertiary/aromatic N) is 4. The maximum atomic E-state index is 14.3. The van der Waals surface area contributed by atoms with E-state index >= 15 is 0 Å². The number of amides is 1. The Balaban J connectivity index is 1.76. The van der Waals surface area contributed by atoms with Gasteiger partial charge in [-0.25, -0.2) is 8.78 Å². The van der Waals surface area contributed by atoms with E-state index in [-0.39, 0.29) is 17.2 Å². The van der Waals surface area contributed by atoms with Crippen molar-refractivity contribution in [2.24, 2.45) is 10.4 Å². The average molecular weight is 509 g/mol. The zero-order valence-electron chi connectivity index (χ0n) is 21.3. The molecule has 1 amide bonds. The maximum absolute atomic E-state index is 14.3. The Morgan fingerprint density at radius 2 is 1.84 bits per heavy atom. The van der Waals surface area contributed by atoms with Crippen LogP contribution >= 0.6 is 0 Å². The number of carbonyl (C=O) groups is 1. The first kappa shape index (κ1) is 26.0. The van der Waals surface area contributed by atoms with Crippen LogP contribution in [0.25, 0.3) is 5.69 Å². The number of carbonyl (C=O) groups excluding carboxylic acids is 1. The topological polar surface area (TPSA) is 106 Å². The zero-order chi connectivity index (χ0) is 26.9. The van der Waals surface area contributed by atoms with Crippen LogP contribution in [-0.2, 0) is 0 Å². The van der Waals surface area contributed by atoms with E-state index in [9.17, 15) is 18.4 Å². The number of hydrogen-bond acceptors (Lipinski definition) is 6. The van der Waals surface area contributed by atoms with Gasteiger partial charge in [0.1, 0.15) is 11.4 Å². The molecule has 0 aliphatic carbocycles. The Bertz CT molecular complexity index is 1410. The van der Waals surface area contributed by atoms with Crippen molar-refractivity contribution in [3.8, 4) is 5.69 Å². The summed E-state index contributed by atoms with van der Waals surface area (Å²) in [6.07, 6.45) is 2.67. The molecule has 0 atom stereocenters. The molecule has 1 fully saturated rings. The Morgan fingerprint density at radius 1 is 1.14 bits per heavy atom. The van der Waals surface area contributed by atoms with Crippen LogP contribution in [-0.4, -0.2) is 41.0 Å². The summed E-state index contributed by atoms with van der Waals surface area (Å²) >= 11 is 0. The number of hydrogen-bond donors (Lipinski definition) is 2. The second kappa shape index (κ2) is 10.1. The van der Waals surface area contributed by atoms with E-state index in [1.807, 2.05) is 13.8 Å². The molecule has 10 heteroatoms. The highest BCUT2D eigenvalue weighted by Gasteiger charge is 2.32. The number of nitrogens with one attached hydrogen (secondary N) is 1. The van der Waals surface area contributed by atoms with Gasteiger partial charge in [0.2, 0.25) is 0 Å². The van der Waals surface area contributed by atoms with Crippen molar-refractivity contribution in [3.05, 3.63) is 75.7 Å². The van der Waals surface area contributed by atoms with Crippen LogP contribution in [0.3, 0.4) is 0 Å². The third-order valence-electron chi connectivity index (χ3n) is 6.18. The number of aromatic nitrogens is 2. The molecule has 2 aromatic carbocycles. The molecule has 3 N–H and O–H groups in total. The van der Waals surface area contributed by atoms with Gasteiger partial charge in [-0.05, 0) is 56.0 Å². The lowest BCUT2D eigenvalue weighted by molar-refractivity contribution is 0.102. The van der Waals surface area contributed by atoms with Crippen molar-refractivity contribution in [2.45, 2.75) is 40.2 Å². The van der Waals surface area contributed by atoms with Gasteiger partial charge in [0.15, 0.2) is 11.6 Å². The van der Waals surface area contributed by atoms with Gasteiger partial charge in [-0.15, -0.1) is 0 Å². The smallest absolute Gasteiger partial charge is 0.276 e. The molecule has 1 aromatic heterocycles. The number of anilines is 3. The highest BCUT2D eigenvalue weighted by atomic mass is 19.1. The van der Waals surface area contributed by atoms with Crippen molar-refractivity contribution in [3.63, 3.8) is 0 Å². The minimum Gasteiger partial charge on any atom is -0.398 e. The number of benzene rings is 2. The van der Waals surface area contributed by atoms with Gasteiger partial charge >= 0.3 is 0 Å². The summed E-state index contributed by atoms with van der Waals surface area (Å²) in [7, 11) is 0. The fourth-order valence-corrected chi connectivity index (χ4v) is 4.30. The van der Waals surface area contributed by atoms with Crippen LogP contribution in [0.4, 0.5) is 25.8 Å². The highest BCUT2D eigenvalue weighted by molar-refractivity contribution is 6.08. The molecule has 8 nitrogen and oxygen atoms in total. The summed E-state index contributed by atoms with van der Waals surface area (Å²) in [6, 6.07) is 8.89. The summed E-state index contributed by atoms with van der Waals surface area (Å²) < 4.78 is 29.2. The van der Waals surface area contributed by atoms with E-state index in [0.29, 0.717) is 21.6 Å². The highest BCUT2D eigenvalue weighted by Crippen LogP contribution is 2.40. The Hall–Kier alpha value is -4.08. The maximum Gasteiger partial charge on any atom is 0.276 e. The van der Waals surface area contributed by atoms with Crippen LogP contribution in [0.1, 0.15) is 50.2 Å². The predicted molar refractivity (Wildman–Crippen MR) is 142 cm³/mol. The van der Waals surface area contributed by atoms with Crippen LogP contribution < -0.4 is 21.5 Å². The fraction of sp³-hybridized carbons (Fsp3) is 0.333. The minimum atomic E-state index is -0.973. The van der Waals surface area contributed by atoms with E-state index in [1.54, 1.807) is 18.3 Å². The lowest BCUT2D eigenvalue weighted by atomic mass is 9.93. The fourth-order valence-electron chi connectivity index (χ4n) is 4.30. The predicted octanol–water partition coefficient (Wildman–Crippen LogP) is 4.41. The Kier molecular flexibility index (Phi) is 7.11. The summed E-state index contributed by atoms with van der Waals surface area (Å²) in [6.45, 7) is 9.77. The Labute approximate surface area is 213 Å². The molecular weight excluding hydrogens is 478 g/mol. The quantitative estimate of drug-likeness (QED) is 0.379. The Morgan fingerprint density at radius 3 is 2.46 bits per heavy atom. The van der Waals surface area contributed by atoms with Crippen molar-refractivity contribution in [1.82, 2.24) is 9.78 Å². The monoisotopic (exact) mass is 508 g/mol. The van der Waals surface area contributed by atoms with Crippen LogP contribution in [0.5, 0.6) is 0 Å². The molecule has 194 valence electrons. The van der Waals surface area contributed by atoms with Gasteiger partial charge in [-0.1, -0.05) is 19.9 Å². The van der Waals surface area contributed by atoms with Gasteiger partial charge < -0.3 is 16.0 Å². The summed E-state index contributed by atoms with van der Waals surface area (Å²) in [5.41, 5.74) is 7.21. The zero-order valence-corrected chi connectivity index (χ0v) is 21.3. The van der Waals surface area contributed by atoms with E-state index in [2.05, 4.69) is 34.2 Å². The molecular formula is C27H30F2N6O2. The molecule has 1 saturated heterocycles. The molecule has 0 bridgehead atoms. The van der Waals surface area contributed by atoms with Crippen LogP contribution in [0, 0.1) is 17.0 Å². The third-order valence-corrected chi connectivity index (χ3v) is 6.18. The van der Waals surface area contributed by atoms with Gasteiger partial charge in [0, 0.05) is 42.7 Å². The normalized spacial score (nSPS) is 15.1. The summed E-state index contributed by atoms with van der Waals surface area (Å²) in [5, 5.41) is 6.81. The minimum absolute atomic E-state index is 0.0459. The molecule has 37 heavy (non-hydrogen) atoms. The second-order valence-electron chi connectivity index (χ2n) is 10.2. The molecule has 1 aliphatic rings. The van der Waals surface area contributed by atoms with Gasteiger partial charge in [-0.3, -0.25) is 14.6 Å². The summed E-state index contributed by atoms with van der Waals surface area (Å²) in [5.74, 6) is -2.60. The molecule has 3 aromatic rings. The first-order chi connectivity index (χ1) is 17.5. The molecule has 2 heterocycles. The van der Waals surface area contributed by atoms with Crippen molar-refractivity contribution in [1.29, 1.82) is 0 Å². The lowest BCUT2D eigenvalue weighted by Gasteiger charge is -2.27. The lowest BCUT2D eigenvalue weighted by Crippen LogP contribution is -2.28. The first-order valence-electron chi connectivity index (χ1n) is 12.0. The number of nitrogen functional groups attached to an aromatic ring is 1. The summed E-state index contributed by atoms with van der Waals surface area (Å²) in [4.78, 5) is 32.3. The molecule has 0 unspecified atom stereocenters. The largest absolute Gasteiger partial charge is 0.398 e. The number of halogens is 2. The van der Waals surface area contributed by atoms with Gasteiger partial charge in [-0.2, -0.15) is 9.78 Å².